The zero-order chi connectivity index (χ0) is 21.0. The maximum Gasteiger partial charge on any atom is 0.338 e. The lowest BCUT2D eigenvalue weighted by Crippen LogP contribution is -2.31. The third kappa shape index (κ3) is 4.54. The molecule has 0 fully saturated rings. The molecule has 0 spiro atoms. The summed E-state index contributed by atoms with van der Waals surface area (Å²) < 4.78 is 20.4. The van der Waals surface area contributed by atoms with Crippen molar-refractivity contribution in [3.63, 3.8) is 0 Å². The fraction of sp³-hybridized carbons (Fsp3) is 0.263. The van der Waals surface area contributed by atoms with Crippen LogP contribution in [0.5, 0.6) is 17.2 Å². The van der Waals surface area contributed by atoms with Crippen molar-refractivity contribution < 1.29 is 33.5 Å². The number of hydrogen-bond acceptors (Lipinski definition) is 8. The maximum atomic E-state index is 12.1. The average Bonchev–Trinajstić information content (AvgIpc) is 3.19. The molecule has 1 heterocycles. The molecular formula is C19H18N2O8. The number of hydrogen-bond donors (Lipinski definition) is 1. The van der Waals surface area contributed by atoms with Crippen LogP contribution in [0.3, 0.4) is 0 Å². The molecule has 0 bridgehead atoms. The molecule has 0 radical (unpaired) electrons. The molecule has 1 atom stereocenters. The first-order chi connectivity index (χ1) is 13.9. The van der Waals surface area contributed by atoms with Gasteiger partial charge in [0, 0.05) is 6.07 Å². The number of rotatable bonds is 7. The second kappa shape index (κ2) is 8.46. The summed E-state index contributed by atoms with van der Waals surface area (Å²) >= 11 is 0. The van der Waals surface area contributed by atoms with E-state index in [1.807, 2.05) is 0 Å². The number of nitro benzene ring substituents is 1. The highest BCUT2D eigenvalue weighted by molar-refractivity contribution is 5.92. The van der Waals surface area contributed by atoms with Gasteiger partial charge in [0.1, 0.15) is 0 Å². The Morgan fingerprint density at radius 3 is 2.69 bits per heavy atom. The topological polar surface area (TPSA) is 126 Å². The molecular weight excluding hydrogens is 384 g/mol. The van der Waals surface area contributed by atoms with Crippen molar-refractivity contribution in [1.82, 2.24) is 5.32 Å². The number of amides is 1. The minimum atomic E-state index is -0.860. The quantitative estimate of drug-likeness (QED) is 0.425. The highest BCUT2D eigenvalue weighted by Crippen LogP contribution is 2.34. The molecule has 10 heteroatoms. The minimum absolute atomic E-state index is 0.0156. The third-order valence-electron chi connectivity index (χ3n) is 4.22. The van der Waals surface area contributed by atoms with Crippen LogP contribution < -0.4 is 19.5 Å². The number of fused-ring (bicyclic) bond motifs is 1. The van der Waals surface area contributed by atoms with Gasteiger partial charge in [0.15, 0.2) is 23.9 Å². The highest BCUT2D eigenvalue weighted by atomic mass is 16.7. The van der Waals surface area contributed by atoms with Gasteiger partial charge in [-0.05, 0) is 36.8 Å². The van der Waals surface area contributed by atoms with Crippen LogP contribution >= 0.6 is 0 Å². The van der Waals surface area contributed by atoms with Crippen LogP contribution in [0.2, 0.25) is 0 Å². The summed E-state index contributed by atoms with van der Waals surface area (Å²) in [7, 11) is 1.28. The Hall–Kier alpha value is -3.82. The van der Waals surface area contributed by atoms with Crippen LogP contribution in [-0.2, 0) is 9.53 Å². The van der Waals surface area contributed by atoms with E-state index in [0.29, 0.717) is 11.5 Å². The lowest BCUT2D eigenvalue weighted by molar-refractivity contribution is -0.385. The zero-order valence-corrected chi connectivity index (χ0v) is 15.7. The van der Waals surface area contributed by atoms with Gasteiger partial charge in [0.25, 0.3) is 5.91 Å². The number of esters is 1. The Morgan fingerprint density at radius 1 is 1.21 bits per heavy atom. The summed E-state index contributed by atoms with van der Waals surface area (Å²) in [6.07, 6.45) is 0. The molecule has 29 heavy (non-hydrogen) atoms. The lowest BCUT2D eigenvalue weighted by Gasteiger charge is -2.15. The van der Waals surface area contributed by atoms with Gasteiger partial charge in [-0.15, -0.1) is 0 Å². The van der Waals surface area contributed by atoms with Crippen molar-refractivity contribution in [2.75, 3.05) is 20.5 Å². The molecule has 0 saturated carbocycles. The molecule has 0 aliphatic carbocycles. The number of nitrogens with one attached hydrogen (secondary N) is 1. The van der Waals surface area contributed by atoms with Crippen molar-refractivity contribution in [1.29, 1.82) is 0 Å². The predicted octanol–water partition coefficient (Wildman–Crippen LogP) is 2.37. The Labute approximate surface area is 165 Å². The monoisotopic (exact) mass is 402 g/mol. The van der Waals surface area contributed by atoms with Crippen LogP contribution in [0.25, 0.3) is 0 Å². The summed E-state index contributed by atoms with van der Waals surface area (Å²) in [6, 6.07) is 8.58. The van der Waals surface area contributed by atoms with Crippen molar-refractivity contribution >= 4 is 17.6 Å². The molecule has 1 aliphatic heterocycles. The van der Waals surface area contributed by atoms with Gasteiger partial charge < -0.3 is 24.3 Å². The van der Waals surface area contributed by atoms with E-state index in [2.05, 4.69) is 5.32 Å². The second-order valence-electron chi connectivity index (χ2n) is 6.12. The van der Waals surface area contributed by atoms with Gasteiger partial charge in [-0.25, -0.2) is 4.79 Å². The third-order valence-corrected chi connectivity index (χ3v) is 4.22. The molecule has 1 aliphatic rings. The number of benzene rings is 2. The van der Waals surface area contributed by atoms with Gasteiger partial charge in [0.05, 0.1) is 23.6 Å². The summed E-state index contributed by atoms with van der Waals surface area (Å²) in [5.74, 6) is -0.138. The second-order valence-corrected chi connectivity index (χ2v) is 6.12. The molecule has 10 nitrogen and oxygen atoms in total. The van der Waals surface area contributed by atoms with Crippen molar-refractivity contribution in [2.45, 2.75) is 13.0 Å². The lowest BCUT2D eigenvalue weighted by atomic mass is 10.1. The average molecular weight is 402 g/mol. The smallest absolute Gasteiger partial charge is 0.338 e. The van der Waals surface area contributed by atoms with Crippen LogP contribution in [0.1, 0.15) is 28.9 Å². The number of carbonyl (C=O) groups excluding carboxylic acids is 2. The van der Waals surface area contributed by atoms with E-state index in [9.17, 15) is 19.7 Å². The molecule has 0 aromatic heterocycles. The van der Waals surface area contributed by atoms with Crippen LogP contribution in [0.15, 0.2) is 36.4 Å². The fourth-order valence-corrected chi connectivity index (χ4v) is 2.72. The maximum absolute atomic E-state index is 12.1. The molecule has 2 aromatic rings. The molecule has 3 rings (SSSR count). The summed E-state index contributed by atoms with van der Waals surface area (Å²) in [5.41, 5.74) is 0.358. The van der Waals surface area contributed by atoms with Crippen molar-refractivity contribution in [3.8, 4) is 17.2 Å². The van der Waals surface area contributed by atoms with E-state index in [1.165, 1.54) is 19.2 Å². The largest absolute Gasteiger partial charge is 0.490 e. The van der Waals surface area contributed by atoms with Gasteiger partial charge in [-0.2, -0.15) is 0 Å². The van der Waals surface area contributed by atoms with E-state index in [1.54, 1.807) is 25.1 Å². The van der Waals surface area contributed by atoms with Gasteiger partial charge >= 0.3 is 11.7 Å². The van der Waals surface area contributed by atoms with E-state index in [0.717, 1.165) is 11.6 Å². The Kier molecular flexibility index (Phi) is 5.82. The first-order valence-corrected chi connectivity index (χ1v) is 8.57. The number of ether oxygens (including phenoxy) is 4. The van der Waals surface area contributed by atoms with Crippen molar-refractivity contribution in [2.24, 2.45) is 0 Å². The zero-order valence-electron chi connectivity index (χ0n) is 15.7. The normalized spacial score (nSPS) is 12.8. The summed E-state index contributed by atoms with van der Waals surface area (Å²) in [6.45, 7) is 1.39. The summed E-state index contributed by atoms with van der Waals surface area (Å²) in [4.78, 5) is 34.6. The molecule has 0 saturated heterocycles. The number of methoxy groups -OCH3 is 1. The Bertz CT molecular complexity index is 959. The molecule has 2 aromatic carbocycles. The number of nitrogens with zero attached hydrogens (tertiary/aromatic N) is 1. The van der Waals surface area contributed by atoms with Crippen LogP contribution in [0.4, 0.5) is 5.69 Å². The highest BCUT2D eigenvalue weighted by Gasteiger charge is 2.20. The van der Waals surface area contributed by atoms with E-state index < -0.39 is 23.4 Å². The number of carbonyl (C=O) groups is 2. The fourth-order valence-electron chi connectivity index (χ4n) is 2.72. The minimum Gasteiger partial charge on any atom is -0.490 e. The molecule has 0 unspecified atom stereocenters. The Morgan fingerprint density at radius 2 is 1.97 bits per heavy atom. The molecule has 1 N–H and O–H groups in total. The SMILES string of the molecule is COc1ccc(C(=O)OCC(=O)N[C@@H](C)c2ccc3c(c2)OCO3)cc1[N+](=O)[O-]. The van der Waals surface area contributed by atoms with E-state index in [4.69, 9.17) is 18.9 Å². The van der Waals surface area contributed by atoms with E-state index in [-0.39, 0.29) is 29.8 Å². The molecule has 1 amide bonds. The van der Waals surface area contributed by atoms with Crippen molar-refractivity contribution in [3.05, 3.63) is 57.6 Å². The van der Waals surface area contributed by atoms with Gasteiger partial charge in [-0.1, -0.05) is 6.07 Å². The standard InChI is InChI=1S/C19H18N2O8/c1-11(12-3-6-16-17(8-12)29-10-28-16)20-18(22)9-27-19(23)13-4-5-15(26-2)14(7-13)21(24)25/h3-8,11H,9-10H2,1-2H3,(H,20,22)/t11-/m0/s1. The molecule has 152 valence electrons. The Balaban J connectivity index is 1.57. The first kappa shape index (κ1) is 19.9. The van der Waals surface area contributed by atoms with Gasteiger partial charge in [-0.3, -0.25) is 14.9 Å². The van der Waals surface area contributed by atoms with Crippen LogP contribution in [-0.4, -0.2) is 37.3 Å². The number of nitro groups is 1. The summed E-state index contributed by atoms with van der Waals surface area (Å²) in [5, 5.41) is 13.7. The van der Waals surface area contributed by atoms with E-state index >= 15 is 0 Å². The van der Waals surface area contributed by atoms with Crippen LogP contribution in [0, 0.1) is 10.1 Å². The van der Waals surface area contributed by atoms with Gasteiger partial charge in [0.2, 0.25) is 6.79 Å². The predicted molar refractivity (Wildman–Crippen MR) is 99.1 cm³/mol. The first-order valence-electron chi connectivity index (χ1n) is 8.57.